The number of hydrogen-bond acceptors (Lipinski definition) is 0. The summed E-state index contributed by atoms with van der Waals surface area (Å²) in [6.07, 6.45) is 28.0. The molecule has 0 amide bonds. The maximum absolute atomic E-state index is 13.2. The molecule has 3 aliphatic rings. The van der Waals surface area contributed by atoms with Crippen LogP contribution in [0.2, 0.25) is 0 Å². The van der Waals surface area contributed by atoms with Gasteiger partial charge in [-0.05, 0) is 117 Å². The Hall–Kier alpha value is -1.11. The Morgan fingerprint density at radius 1 is 0.688 bits per heavy atom. The van der Waals surface area contributed by atoms with Crippen molar-refractivity contribution in [2.24, 2.45) is 29.6 Å². The second-order valence-corrected chi connectivity index (χ2v) is 11.5. The van der Waals surface area contributed by atoms with Crippen molar-refractivity contribution in [3.8, 4) is 0 Å². The molecule has 178 valence electrons. The number of hydrogen-bond donors (Lipinski definition) is 0. The number of rotatable bonds is 8. The van der Waals surface area contributed by atoms with Gasteiger partial charge in [-0.3, -0.25) is 0 Å². The second kappa shape index (κ2) is 12.4. The van der Waals surface area contributed by atoms with Crippen LogP contribution in [0.3, 0.4) is 0 Å². The Morgan fingerprint density at radius 2 is 1.22 bits per heavy atom. The molecule has 0 radical (unpaired) electrons. The smallest absolute Gasteiger partial charge is 0.123 e. The highest BCUT2D eigenvalue weighted by molar-refractivity contribution is 5.21. The quantitative estimate of drug-likeness (QED) is 0.280. The van der Waals surface area contributed by atoms with E-state index in [2.05, 4.69) is 19.1 Å². The molecule has 32 heavy (non-hydrogen) atoms. The van der Waals surface area contributed by atoms with Crippen LogP contribution < -0.4 is 0 Å². The zero-order valence-corrected chi connectivity index (χ0v) is 20.6. The molecule has 0 spiro atoms. The predicted molar refractivity (Wildman–Crippen MR) is 135 cm³/mol. The van der Waals surface area contributed by atoms with Crippen molar-refractivity contribution in [2.45, 2.75) is 116 Å². The Kier molecular flexibility index (Phi) is 9.30. The third-order valence-corrected chi connectivity index (χ3v) is 9.36. The van der Waals surface area contributed by atoms with Gasteiger partial charge in [0.15, 0.2) is 0 Å². The average molecular weight is 439 g/mol. The predicted octanol–water partition coefficient (Wildman–Crippen LogP) is 9.85. The molecule has 3 aliphatic carbocycles. The van der Waals surface area contributed by atoms with Crippen molar-refractivity contribution in [1.82, 2.24) is 0 Å². The molecular weight excluding hydrogens is 391 g/mol. The van der Waals surface area contributed by atoms with E-state index in [0.29, 0.717) is 5.92 Å². The van der Waals surface area contributed by atoms with Crippen molar-refractivity contribution in [1.29, 1.82) is 0 Å². The summed E-state index contributed by atoms with van der Waals surface area (Å²) in [5, 5.41) is 0. The van der Waals surface area contributed by atoms with Crippen LogP contribution in [0, 0.1) is 35.4 Å². The van der Waals surface area contributed by atoms with Gasteiger partial charge in [-0.25, -0.2) is 4.39 Å². The topological polar surface area (TPSA) is 0 Å². The van der Waals surface area contributed by atoms with E-state index in [-0.39, 0.29) is 5.82 Å². The fraction of sp³-hybridized carbons (Fsp3) is 0.742. The van der Waals surface area contributed by atoms with Crippen LogP contribution in [0.15, 0.2) is 36.4 Å². The molecule has 4 rings (SSSR count). The van der Waals surface area contributed by atoms with Crippen LogP contribution in [-0.2, 0) is 0 Å². The molecule has 1 aromatic carbocycles. The lowest BCUT2D eigenvalue weighted by Crippen LogP contribution is -2.25. The lowest BCUT2D eigenvalue weighted by Gasteiger charge is -2.37. The summed E-state index contributed by atoms with van der Waals surface area (Å²) in [6, 6.07) is 7.23. The Bertz CT molecular complexity index is 665. The molecule has 3 fully saturated rings. The molecule has 0 aliphatic heterocycles. The van der Waals surface area contributed by atoms with Crippen LogP contribution in [0.25, 0.3) is 0 Å². The SMILES string of the molecule is CCCCC[C@H]1CC[C@H]([C@H]2CC[C@H](C=C[C@H]3CC[C@H](c4ccc(F)cc4)CC3)CC2)CC1. The van der Waals surface area contributed by atoms with Crippen LogP contribution in [-0.4, -0.2) is 0 Å². The maximum Gasteiger partial charge on any atom is 0.123 e. The van der Waals surface area contributed by atoms with E-state index in [1.807, 2.05) is 12.1 Å². The Morgan fingerprint density at radius 3 is 1.78 bits per heavy atom. The minimum atomic E-state index is -0.116. The largest absolute Gasteiger partial charge is 0.207 e. The van der Waals surface area contributed by atoms with E-state index < -0.39 is 0 Å². The van der Waals surface area contributed by atoms with E-state index in [0.717, 1.165) is 29.6 Å². The van der Waals surface area contributed by atoms with Gasteiger partial charge in [0.05, 0.1) is 0 Å². The van der Waals surface area contributed by atoms with Gasteiger partial charge in [0.25, 0.3) is 0 Å². The van der Waals surface area contributed by atoms with Crippen molar-refractivity contribution in [3.05, 3.63) is 47.8 Å². The van der Waals surface area contributed by atoms with Crippen molar-refractivity contribution in [2.75, 3.05) is 0 Å². The van der Waals surface area contributed by atoms with Crippen molar-refractivity contribution >= 4 is 0 Å². The molecule has 1 aromatic rings. The van der Waals surface area contributed by atoms with Crippen LogP contribution in [0.4, 0.5) is 4.39 Å². The van der Waals surface area contributed by atoms with Gasteiger partial charge in [-0.2, -0.15) is 0 Å². The first-order valence-electron chi connectivity index (χ1n) is 14.1. The molecule has 3 saturated carbocycles. The van der Waals surface area contributed by atoms with Crippen LogP contribution in [0.1, 0.15) is 121 Å². The van der Waals surface area contributed by atoms with E-state index in [9.17, 15) is 4.39 Å². The molecule has 0 atom stereocenters. The minimum Gasteiger partial charge on any atom is -0.207 e. The van der Waals surface area contributed by atoms with Crippen molar-refractivity contribution < 1.29 is 4.39 Å². The second-order valence-electron chi connectivity index (χ2n) is 11.5. The third kappa shape index (κ3) is 6.94. The summed E-state index contributed by atoms with van der Waals surface area (Å²) in [4.78, 5) is 0. The van der Waals surface area contributed by atoms with Crippen LogP contribution >= 0.6 is 0 Å². The van der Waals surface area contributed by atoms with Crippen molar-refractivity contribution in [3.63, 3.8) is 0 Å². The van der Waals surface area contributed by atoms with Gasteiger partial charge in [-0.15, -0.1) is 0 Å². The highest BCUT2D eigenvalue weighted by atomic mass is 19.1. The minimum absolute atomic E-state index is 0.116. The lowest BCUT2D eigenvalue weighted by atomic mass is 9.68. The van der Waals surface area contributed by atoms with Gasteiger partial charge in [0.2, 0.25) is 0 Å². The molecule has 0 unspecified atom stereocenters. The maximum atomic E-state index is 13.2. The van der Waals surface area contributed by atoms with Gasteiger partial charge in [0.1, 0.15) is 5.82 Å². The normalized spacial score (nSPS) is 34.1. The summed E-state index contributed by atoms with van der Waals surface area (Å²) >= 11 is 0. The fourth-order valence-corrected chi connectivity index (χ4v) is 7.13. The molecule has 1 heteroatoms. The first kappa shape index (κ1) is 24.0. The first-order chi connectivity index (χ1) is 15.7. The molecule has 0 aromatic heterocycles. The summed E-state index contributed by atoms with van der Waals surface area (Å²) < 4.78 is 13.2. The number of unbranched alkanes of at least 4 members (excludes halogenated alkanes) is 2. The van der Waals surface area contributed by atoms with E-state index in [4.69, 9.17) is 0 Å². The standard InChI is InChI=1S/C31H47F/c1-2-3-4-5-24-8-14-27(15-9-24)28-16-10-25(11-17-28)6-7-26-12-18-29(19-13-26)30-20-22-31(32)23-21-30/h6-7,20-29H,2-5,8-19H2,1H3/t24-,25-,26-,27-,28-,29-. The van der Waals surface area contributed by atoms with E-state index >= 15 is 0 Å². The monoisotopic (exact) mass is 438 g/mol. The zero-order valence-electron chi connectivity index (χ0n) is 20.6. The first-order valence-corrected chi connectivity index (χ1v) is 14.1. The number of benzene rings is 1. The molecule has 0 heterocycles. The van der Waals surface area contributed by atoms with Gasteiger partial charge in [0, 0.05) is 0 Å². The van der Waals surface area contributed by atoms with Gasteiger partial charge in [-0.1, -0.05) is 69.7 Å². The molecule has 0 nitrogen and oxygen atoms in total. The molecule has 0 saturated heterocycles. The third-order valence-electron chi connectivity index (χ3n) is 9.36. The lowest BCUT2D eigenvalue weighted by molar-refractivity contribution is 0.151. The molecule has 0 bridgehead atoms. The highest BCUT2D eigenvalue weighted by Gasteiger charge is 2.30. The zero-order chi connectivity index (χ0) is 22.2. The Balaban J connectivity index is 1.13. The van der Waals surface area contributed by atoms with Gasteiger partial charge < -0.3 is 0 Å². The van der Waals surface area contributed by atoms with E-state index in [1.54, 1.807) is 12.1 Å². The van der Waals surface area contributed by atoms with Crippen LogP contribution in [0.5, 0.6) is 0 Å². The Labute approximate surface area is 197 Å². The fourth-order valence-electron chi connectivity index (χ4n) is 7.13. The summed E-state index contributed by atoms with van der Waals surface area (Å²) in [5.74, 6) is 5.26. The molecular formula is C31H47F. The summed E-state index contributed by atoms with van der Waals surface area (Å²) in [7, 11) is 0. The van der Waals surface area contributed by atoms with Gasteiger partial charge >= 0.3 is 0 Å². The summed E-state index contributed by atoms with van der Waals surface area (Å²) in [5.41, 5.74) is 1.34. The number of allylic oxidation sites excluding steroid dienone is 2. The highest BCUT2D eigenvalue weighted by Crippen LogP contribution is 2.43. The summed E-state index contributed by atoms with van der Waals surface area (Å²) in [6.45, 7) is 2.32. The molecule has 0 N–H and O–H groups in total. The van der Waals surface area contributed by atoms with E-state index in [1.165, 1.54) is 108 Å². The average Bonchev–Trinajstić information content (AvgIpc) is 2.85. The number of halogens is 1.